The topological polar surface area (TPSA) is 149 Å². The zero-order chi connectivity index (χ0) is 29.8. The first-order chi connectivity index (χ1) is 19.4. The minimum absolute atomic E-state index is 0.0481. The molecule has 1 fully saturated rings. The third-order valence-electron chi connectivity index (χ3n) is 6.08. The highest BCUT2D eigenvalue weighted by atomic mass is 35.5. The maximum Gasteiger partial charge on any atom is 0.271 e. The Morgan fingerprint density at radius 3 is 2.44 bits per heavy atom. The second-order valence-electron chi connectivity index (χ2n) is 9.13. The van der Waals surface area contributed by atoms with Gasteiger partial charge in [0.2, 0.25) is 5.91 Å². The number of nitrogens with zero attached hydrogens (tertiary/aromatic N) is 3. The zero-order valence-corrected chi connectivity index (χ0v) is 23.5. The molecule has 1 aromatic heterocycles. The van der Waals surface area contributed by atoms with E-state index in [1.807, 2.05) is 0 Å². The van der Waals surface area contributed by atoms with Gasteiger partial charge >= 0.3 is 0 Å². The summed E-state index contributed by atoms with van der Waals surface area (Å²) in [5.74, 6) is -5.73. The summed E-state index contributed by atoms with van der Waals surface area (Å²) in [6.45, 7) is -1.27. The molecule has 10 nitrogen and oxygen atoms in total. The number of carbonyl (C=O) groups is 3. The first-order valence-electron chi connectivity index (χ1n) is 12.0. The molecule has 0 unspecified atom stereocenters. The van der Waals surface area contributed by atoms with Crippen molar-refractivity contribution in [1.29, 1.82) is 5.26 Å². The SMILES string of the molecule is N#C[C@@H]1CC(F)(F)CN1C(=O)CNC(=O)c1csc(CS(=O)(=O)c2ccc(C(=O)NCc3ccc(Cl)cc3)cc2)n1. The lowest BCUT2D eigenvalue weighted by molar-refractivity contribution is -0.131. The fourth-order valence-electron chi connectivity index (χ4n) is 3.97. The molecular formula is C26H22ClF2N5O5S2. The second-order valence-corrected chi connectivity index (χ2v) is 12.5. The number of amides is 3. The number of benzene rings is 2. The molecule has 0 bridgehead atoms. The monoisotopic (exact) mass is 621 g/mol. The standard InChI is InChI=1S/C26H22ClF2N5O5S2/c27-18-5-1-16(2-6-18)11-31-24(36)17-3-7-20(8-4-17)41(38,39)14-22-33-21(13-40-22)25(37)32-12-23(35)34-15-26(28,29)9-19(34)10-30/h1-8,13,19H,9,11-12,14-15H2,(H,31,36)(H,32,37)/t19-/m0/s1. The van der Waals surface area contributed by atoms with Gasteiger partial charge < -0.3 is 15.5 Å². The van der Waals surface area contributed by atoms with Crippen LogP contribution in [-0.2, 0) is 26.9 Å². The number of likely N-dealkylation sites (tertiary alicyclic amines) is 1. The molecule has 1 saturated heterocycles. The van der Waals surface area contributed by atoms with E-state index in [1.165, 1.54) is 29.6 Å². The van der Waals surface area contributed by atoms with Gasteiger partial charge in [0.05, 0.1) is 24.1 Å². The molecule has 0 saturated carbocycles. The summed E-state index contributed by atoms with van der Waals surface area (Å²) in [5, 5.41) is 16.0. The molecule has 15 heteroatoms. The molecule has 3 aromatic rings. The van der Waals surface area contributed by atoms with Gasteiger partial charge in [0.25, 0.3) is 17.7 Å². The predicted molar refractivity (Wildman–Crippen MR) is 145 cm³/mol. The number of aromatic nitrogens is 1. The van der Waals surface area contributed by atoms with Crippen LogP contribution < -0.4 is 10.6 Å². The van der Waals surface area contributed by atoms with Crippen LogP contribution in [0.5, 0.6) is 0 Å². The normalized spacial score (nSPS) is 16.1. The fraction of sp³-hybridized carbons (Fsp3) is 0.269. The zero-order valence-electron chi connectivity index (χ0n) is 21.1. The summed E-state index contributed by atoms with van der Waals surface area (Å²) in [4.78, 5) is 41.8. The summed E-state index contributed by atoms with van der Waals surface area (Å²) < 4.78 is 52.9. The maximum atomic E-state index is 13.6. The van der Waals surface area contributed by atoms with E-state index >= 15 is 0 Å². The Kier molecular flexibility index (Phi) is 9.01. The van der Waals surface area contributed by atoms with Crippen molar-refractivity contribution >= 4 is 50.5 Å². The third-order valence-corrected chi connectivity index (χ3v) is 9.01. The Hall–Kier alpha value is -3.93. The van der Waals surface area contributed by atoms with Crippen molar-refractivity contribution in [3.63, 3.8) is 0 Å². The van der Waals surface area contributed by atoms with Crippen LogP contribution in [0.25, 0.3) is 0 Å². The van der Waals surface area contributed by atoms with Crippen LogP contribution in [0.1, 0.15) is 37.8 Å². The first-order valence-corrected chi connectivity index (χ1v) is 14.9. The van der Waals surface area contributed by atoms with E-state index in [1.54, 1.807) is 30.3 Å². The lowest BCUT2D eigenvalue weighted by Gasteiger charge is -2.19. The summed E-state index contributed by atoms with van der Waals surface area (Å²) in [5.41, 5.74) is 0.956. The molecule has 2 aromatic carbocycles. The average molecular weight is 622 g/mol. The Labute approximate surface area is 242 Å². The number of alkyl halides is 2. The number of rotatable bonds is 9. The van der Waals surface area contributed by atoms with Gasteiger partial charge in [-0.1, -0.05) is 23.7 Å². The Bertz CT molecular complexity index is 1610. The van der Waals surface area contributed by atoms with Gasteiger partial charge in [-0.3, -0.25) is 14.4 Å². The van der Waals surface area contributed by atoms with Crippen LogP contribution in [0.15, 0.2) is 58.8 Å². The quantitative estimate of drug-likeness (QED) is 0.373. The molecule has 2 heterocycles. The molecule has 1 atom stereocenters. The van der Waals surface area contributed by atoms with Gasteiger partial charge in [0.15, 0.2) is 9.84 Å². The minimum atomic E-state index is -3.87. The van der Waals surface area contributed by atoms with Crippen molar-refractivity contribution in [3.8, 4) is 6.07 Å². The molecule has 4 rings (SSSR count). The molecular weight excluding hydrogens is 600 g/mol. The number of hydrogen-bond acceptors (Lipinski definition) is 8. The average Bonchev–Trinajstić information content (AvgIpc) is 3.54. The molecule has 3 amide bonds. The third kappa shape index (κ3) is 7.63. The number of nitrogens with one attached hydrogen (secondary N) is 2. The van der Waals surface area contributed by atoms with Crippen molar-refractivity contribution in [2.45, 2.75) is 35.6 Å². The van der Waals surface area contributed by atoms with Crippen molar-refractivity contribution in [2.24, 2.45) is 0 Å². The highest BCUT2D eigenvalue weighted by Crippen LogP contribution is 2.31. The second kappa shape index (κ2) is 12.3. The molecule has 1 aliphatic heterocycles. The highest BCUT2D eigenvalue weighted by Gasteiger charge is 2.47. The van der Waals surface area contributed by atoms with E-state index in [4.69, 9.17) is 16.9 Å². The van der Waals surface area contributed by atoms with Crippen LogP contribution in [0, 0.1) is 11.3 Å². The number of thiazole rings is 1. The summed E-state index contributed by atoms with van der Waals surface area (Å²) >= 11 is 6.76. The summed E-state index contributed by atoms with van der Waals surface area (Å²) in [7, 11) is -3.87. The van der Waals surface area contributed by atoms with Crippen LogP contribution in [0.3, 0.4) is 0 Å². The molecule has 1 aliphatic rings. The van der Waals surface area contributed by atoms with Crippen LogP contribution >= 0.6 is 22.9 Å². The fourth-order valence-corrected chi connectivity index (χ4v) is 6.50. The van der Waals surface area contributed by atoms with Gasteiger partial charge in [0.1, 0.15) is 22.5 Å². The van der Waals surface area contributed by atoms with E-state index in [-0.39, 0.29) is 33.6 Å². The van der Waals surface area contributed by atoms with Crippen molar-refractivity contribution in [1.82, 2.24) is 20.5 Å². The molecule has 2 N–H and O–H groups in total. The molecule has 214 valence electrons. The summed E-state index contributed by atoms with van der Waals surface area (Å²) in [6, 6.07) is 12.7. The van der Waals surface area contributed by atoms with Crippen molar-refractivity contribution in [3.05, 3.63) is 80.8 Å². The Morgan fingerprint density at radius 2 is 1.78 bits per heavy atom. The largest absolute Gasteiger partial charge is 0.348 e. The molecule has 0 aliphatic carbocycles. The van der Waals surface area contributed by atoms with E-state index in [0.717, 1.165) is 16.9 Å². The number of sulfone groups is 1. The van der Waals surface area contributed by atoms with E-state index in [0.29, 0.717) is 9.92 Å². The maximum absolute atomic E-state index is 13.6. The van der Waals surface area contributed by atoms with Gasteiger partial charge in [-0.2, -0.15) is 5.26 Å². The van der Waals surface area contributed by atoms with Gasteiger partial charge in [0, 0.05) is 28.9 Å². The van der Waals surface area contributed by atoms with Gasteiger partial charge in [-0.05, 0) is 42.0 Å². The van der Waals surface area contributed by atoms with Crippen LogP contribution in [-0.4, -0.2) is 61.1 Å². The Morgan fingerprint density at radius 1 is 1.10 bits per heavy atom. The number of nitriles is 1. The lowest BCUT2D eigenvalue weighted by atomic mass is 10.2. The number of hydrogen-bond donors (Lipinski definition) is 2. The first kappa shape index (κ1) is 30.0. The molecule has 0 radical (unpaired) electrons. The lowest BCUT2D eigenvalue weighted by Crippen LogP contribution is -2.43. The van der Waals surface area contributed by atoms with Crippen molar-refractivity contribution < 1.29 is 31.6 Å². The number of halogens is 3. The highest BCUT2D eigenvalue weighted by molar-refractivity contribution is 7.90. The van der Waals surface area contributed by atoms with E-state index in [2.05, 4.69) is 15.6 Å². The Balaban J connectivity index is 1.31. The smallest absolute Gasteiger partial charge is 0.271 e. The van der Waals surface area contributed by atoms with Gasteiger partial charge in [-0.15, -0.1) is 11.3 Å². The van der Waals surface area contributed by atoms with Gasteiger partial charge in [-0.25, -0.2) is 22.2 Å². The molecule has 0 spiro atoms. The summed E-state index contributed by atoms with van der Waals surface area (Å²) in [6.07, 6.45) is -0.770. The molecule has 41 heavy (non-hydrogen) atoms. The minimum Gasteiger partial charge on any atom is -0.348 e. The van der Waals surface area contributed by atoms with Crippen LogP contribution in [0.2, 0.25) is 5.02 Å². The van der Waals surface area contributed by atoms with Crippen LogP contribution in [0.4, 0.5) is 8.78 Å². The predicted octanol–water partition coefficient (Wildman–Crippen LogP) is 3.19. The van der Waals surface area contributed by atoms with E-state index < -0.39 is 58.9 Å². The number of carbonyl (C=O) groups excluding carboxylic acids is 3. The van der Waals surface area contributed by atoms with Crippen molar-refractivity contribution in [2.75, 3.05) is 13.1 Å². The van der Waals surface area contributed by atoms with E-state index in [9.17, 15) is 31.6 Å².